The van der Waals surface area contributed by atoms with E-state index in [9.17, 15) is 9.59 Å². The number of hydrogen-bond acceptors (Lipinski definition) is 6. The lowest BCUT2D eigenvalue weighted by atomic mass is 9.85. The first-order valence-electron chi connectivity index (χ1n) is 8.83. The first-order valence-corrected chi connectivity index (χ1v) is 8.83. The molecule has 2 aromatic heterocycles. The smallest absolute Gasteiger partial charge is 0.323 e. The monoisotopic (exact) mass is 345 g/mol. The van der Waals surface area contributed by atoms with Crippen molar-refractivity contribution in [3.05, 3.63) is 22.4 Å². The minimum atomic E-state index is -0.259. The van der Waals surface area contributed by atoms with E-state index in [0.717, 1.165) is 19.3 Å². The number of esters is 1. The van der Waals surface area contributed by atoms with Gasteiger partial charge in [0.05, 0.1) is 19.9 Å². The third-order valence-corrected chi connectivity index (χ3v) is 5.68. The van der Waals surface area contributed by atoms with E-state index in [1.165, 1.54) is 26.1 Å². The highest BCUT2D eigenvalue weighted by Crippen LogP contribution is 2.40. The van der Waals surface area contributed by atoms with Crippen molar-refractivity contribution >= 4 is 17.0 Å². The molecule has 4 rings (SSSR count). The molecule has 0 aromatic carbocycles. The highest BCUT2D eigenvalue weighted by Gasteiger charge is 2.45. The molecule has 0 spiro atoms. The van der Waals surface area contributed by atoms with Gasteiger partial charge in [0, 0.05) is 13.1 Å². The predicted molar refractivity (Wildman–Crippen MR) is 90.8 cm³/mol. The highest BCUT2D eigenvalue weighted by molar-refractivity contribution is 5.76. The number of nitrogens with one attached hydrogen (secondary N) is 1. The van der Waals surface area contributed by atoms with Crippen LogP contribution in [0.5, 0.6) is 0 Å². The third-order valence-electron chi connectivity index (χ3n) is 5.68. The minimum Gasteiger partial charge on any atom is -0.468 e. The minimum absolute atomic E-state index is 0.192. The molecule has 1 saturated carbocycles. The van der Waals surface area contributed by atoms with E-state index in [1.807, 2.05) is 0 Å². The fourth-order valence-electron chi connectivity index (χ4n) is 4.47. The van der Waals surface area contributed by atoms with E-state index in [2.05, 4.69) is 20.0 Å². The highest BCUT2D eigenvalue weighted by atomic mass is 16.5. The van der Waals surface area contributed by atoms with Crippen LogP contribution >= 0.6 is 0 Å². The van der Waals surface area contributed by atoms with Gasteiger partial charge >= 0.3 is 5.97 Å². The van der Waals surface area contributed by atoms with Crippen LogP contribution in [-0.4, -0.2) is 49.8 Å². The molecule has 8 nitrogen and oxygen atoms in total. The van der Waals surface area contributed by atoms with Crippen LogP contribution in [0.25, 0.3) is 11.0 Å². The lowest BCUT2D eigenvalue weighted by Gasteiger charge is -2.32. The summed E-state index contributed by atoms with van der Waals surface area (Å²) in [5.74, 6) is 0.893. The molecule has 0 radical (unpaired) electrons. The van der Waals surface area contributed by atoms with E-state index in [-0.39, 0.29) is 17.6 Å². The molecule has 25 heavy (non-hydrogen) atoms. The lowest BCUT2D eigenvalue weighted by Crippen LogP contribution is -2.42. The number of aryl methyl sites for hydroxylation is 1. The van der Waals surface area contributed by atoms with Gasteiger partial charge in [-0.05, 0) is 25.2 Å². The Morgan fingerprint density at radius 2 is 2.20 bits per heavy atom. The summed E-state index contributed by atoms with van der Waals surface area (Å²) in [6, 6.07) is 0.0935. The molecular formula is C17H23N5O3. The number of carbonyl (C=O) groups is 1. The molecule has 0 unspecified atom stereocenters. The molecule has 0 amide bonds. The Labute approximate surface area is 145 Å². The zero-order chi connectivity index (χ0) is 17.6. The maximum Gasteiger partial charge on any atom is 0.323 e. The van der Waals surface area contributed by atoms with Crippen LogP contribution in [0.2, 0.25) is 0 Å². The van der Waals surface area contributed by atoms with Crippen LogP contribution in [0.1, 0.15) is 37.9 Å². The fourth-order valence-corrected chi connectivity index (χ4v) is 4.47. The van der Waals surface area contributed by atoms with Gasteiger partial charge in [-0.25, -0.2) is 4.98 Å². The first-order chi connectivity index (χ1) is 12.1. The van der Waals surface area contributed by atoms with Gasteiger partial charge in [0.2, 0.25) is 0 Å². The Kier molecular flexibility index (Phi) is 4.07. The number of likely N-dealkylation sites (tertiary alicyclic amines) is 1. The number of ether oxygens (including phenoxy) is 1. The SMILES string of the molecule is COC(=O)[C@@H]1C[C@H]2CCCC[C@H]2N1Cc1nc2c(cnn2C)c(=O)[nH]1. The second kappa shape index (κ2) is 6.25. The molecule has 0 bridgehead atoms. The van der Waals surface area contributed by atoms with E-state index in [1.54, 1.807) is 11.7 Å². The number of aromatic amines is 1. The summed E-state index contributed by atoms with van der Waals surface area (Å²) in [5, 5.41) is 4.58. The molecule has 1 aliphatic carbocycles. The Hall–Kier alpha value is -2.22. The Morgan fingerprint density at radius 3 is 3.00 bits per heavy atom. The lowest BCUT2D eigenvalue weighted by molar-refractivity contribution is -0.146. The van der Waals surface area contributed by atoms with Gasteiger partial charge in [-0.3, -0.25) is 19.2 Å². The van der Waals surface area contributed by atoms with Crippen LogP contribution in [0.15, 0.2) is 11.0 Å². The molecular weight excluding hydrogens is 322 g/mol. The van der Waals surface area contributed by atoms with Crippen molar-refractivity contribution in [2.24, 2.45) is 13.0 Å². The summed E-state index contributed by atoms with van der Waals surface area (Å²) in [5.41, 5.74) is 0.370. The molecule has 2 fully saturated rings. The molecule has 1 saturated heterocycles. The summed E-state index contributed by atoms with van der Waals surface area (Å²) in [6.45, 7) is 0.442. The van der Waals surface area contributed by atoms with Gasteiger partial charge in [-0.1, -0.05) is 12.8 Å². The summed E-state index contributed by atoms with van der Waals surface area (Å²) >= 11 is 0. The van der Waals surface area contributed by atoms with Gasteiger partial charge in [-0.15, -0.1) is 0 Å². The van der Waals surface area contributed by atoms with Gasteiger partial charge in [-0.2, -0.15) is 5.10 Å². The van der Waals surface area contributed by atoms with Crippen LogP contribution < -0.4 is 5.56 Å². The molecule has 1 aliphatic heterocycles. The zero-order valence-electron chi connectivity index (χ0n) is 14.6. The maximum atomic E-state index is 12.3. The number of H-pyrrole nitrogens is 1. The summed E-state index contributed by atoms with van der Waals surface area (Å²) in [7, 11) is 3.20. The number of rotatable bonds is 3. The van der Waals surface area contributed by atoms with Crippen molar-refractivity contribution in [2.75, 3.05) is 7.11 Å². The number of methoxy groups -OCH3 is 1. The van der Waals surface area contributed by atoms with E-state index >= 15 is 0 Å². The Bertz CT molecular complexity index is 858. The summed E-state index contributed by atoms with van der Waals surface area (Å²) in [4.78, 5) is 34.2. The second-order valence-corrected chi connectivity index (χ2v) is 7.08. The zero-order valence-corrected chi connectivity index (χ0v) is 14.6. The number of hydrogen-bond donors (Lipinski definition) is 1. The predicted octanol–water partition coefficient (Wildman–Crippen LogP) is 0.963. The van der Waals surface area contributed by atoms with Gasteiger partial charge in [0.25, 0.3) is 5.56 Å². The molecule has 3 heterocycles. The number of carbonyl (C=O) groups excluding carboxylic acids is 1. The van der Waals surface area contributed by atoms with Crippen molar-refractivity contribution in [3.8, 4) is 0 Å². The maximum absolute atomic E-state index is 12.3. The summed E-state index contributed by atoms with van der Waals surface area (Å²) in [6.07, 6.45) is 6.98. The molecule has 2 aliphatic rings. The third kappa shape index (κ3) is 2.74. The van der Waals surface area contributed by atoms with Gasteiger partial charge in [0.15, 0.2) is 5.65 Å². The largest absolute Gasteiger partial charge is 0.468 e. The molecule has 1 N–H and O–H groups in total. The molecule has 8 heteroatoms. The summed E-state index contributed by atoms with van der Waals surface area (Å²) < 4.78 is 6.62. The van der Waals surface area contributed by atoms with Gasteiger partial charge in [0.1, 0.15) is 17.3 Å². The number of fused-ring (bicyclic) bond motifs is 2. The Balaban J connectivity index is 1.68. The number of aromatic nitrogens is 4. The normalized spacial score (nSPS) is 26.7. The van der Waals surface area contributed by atoms with Crippen LogP contribution in [0.3, 0.4) is 0 Å². The Morgan fingerprint density at radius 1 is 1.40 bits per heavy atom. The van der Waals surface area contributed by atoms with E-state index in [0.29, 0.717) is 35.4 Å². The van der Waals surface area contributed by atoms with Crippen molar-refractivity contribution in [2.45, 2.75) is 50.7 Å². The van der Waals surface area contributed by atoms with E-state index in [4.69, 9.17) is 4.74 Å². The van der Waals surface area contributed by atoms with E-state index < -0.39 is 0 Å². The van der Waals surface area contributed by atoms with Crippen LogP contribution in [0.4, 0.5) is 0 Å². The van der Waals surface area contributed by atoms with Crippen molar-refractivity contribution < 1.29 is 9.53 Å². The van der Waals surface area contributed by atoms with Crippen LogP contribution in [0, 0.1) is 5.92 Å². The molecule has 134 valence electrons. The van der Waals surface area contributed by atoms with Crippen molar-refractivity contribution in [3.63, 3.8) is 0 Å². The average molecular weight is 345 g/mol. The molecule has 2 aromatic rings. The fraction of sp³-hybridized carbons (Fsp3) is 0.647. The number of nitrogens with zero attached hydrogens (tertiary/aromatic N) is 4. The van der Waals surface area contributed by atoms with Gasteiger partial charge < -0.3 is 9.72 Å². The van der Waals surface area contributed by atoms with Crippen LogP contribution in [-0.2, 0) is 23.1 Å². The second-order valence-electron chi connectivity index (χ2n) is 7.08. The standard InChI is InChI=1S/C17H23N5O3/c1-21-15-11(8-18-21)16(23)20-14(19-15)9-22-12-6-4-3-5-10(12)7-13(22)17(24)25-2/h8,10,12-13H,3-7,9H2,1-2H3,(H,19,20,23)/t10-,12-,13+/m1/s1. The topological polar surface area (TPSA) is 93.1 Å². The first kappa shape index (κ1) is 16.3. The van der Waals surface area contributed by atoms with Crippen molar-refractivity contribution in [1.29, 1.82) is 0 Å². The van der Waals surface area contributed by atoms with Crippen molar-refractivity contribution in [1.82, 2.24) is 24.6 Å². The quantitative estimate of drug-likeness (QED) is 0.833. The molecule has 3 atom stereocenters. The average Bonchev–Trinajstić information content (AvgIpc) is 3.16.